The largest absolute Gasteiger partial charge is 0.479 e. The summed E-state index contributed by atoms with van der Waals surface area (Å²) in [4.78, 5) is 36.3. The molecular formula is C23H32N2O6Si. The van der Waals surface area contributed by atoms with Crippen LogP contribution >= 0.6 is 0 Å². The summed E-state index contributed by atoms with van der Waals surface area (Å²) in [5, 5.41) is 22.1. The lowest BCUT2D eigenvalue weighted by molar-refractivity contribution is -0.154. The minimum Gasteiger partial charge on any atom is -0.479 e. The SMILES string of the molecule is C[C@@H]([C@@H](O)C(=O)O)N(NC(=O)OCC[Si](C)(C)C)C(=O)CCc1ccc2ccccc2c1. The Morgan fingerprint density at radius 2 is 1.75 bits per heavy atom. The lowest BCUT2D eigenvalue weighted by atomic mass is 10.0. The van der Waals surface area contributed by atoms with Gasteiger partial charge >= 0.3 is 12.1 Å². The van der Waals surface area contributed by atoms with E-state index in [4.69, 9.17) is 9.84 Å². The molecule has 0 fully saturated rings. The number of aliphatic hydroxyl groups excluding tert-OH is 1. The van der Waals surface area contributed by atoms with E-state index in [-0.39, 0.29) is 13.0 Å². The van der Waals surface area contributed by atoms with Gasteiger partial charge in [-0.25, -0.2) is 20.0 Å². The molecule has 0 spiro atoms. The zero-order valence-corrected chi connectivity index (χ0v) is 20.0. The van der Waals surface area contributed by atoms with E-state index in [2.05, 4.69) is 25.1 Å². The maximum atomic E-state index is 12.9. The Labute approximate surface area is 189 Å². The van der Waals surface area contributed by atoms with Crippen molar-refractivity contribution >= 4 is 36.8 Å². The van der Waals surface area contributed by atoms with Crippen molar-refractivity contribution in [3.05, 3.63) is 48.0 Å². The second kappa shape index (κ2) is 11.1. The number of carboxylic acids is 1. The van der Waals surface area contributed by atoms with Gasteiger partial charge in [-0.1, -0.05) is 62.1 Å². The van der Waals surface area contributed by atoms with E-state index in [0.29, 0.717) is 6.42 Å². The molecule has 2 atom stereocenters. The Bertz CT molecular complexity index is 959. The summed E-state index contributed by atoms with van der Waals surface area (Å²) in [5.41, 5.74) is 3.25. The number of hydrogen-bond acceptors (Lipinski definition) is 5. The van der Waals surface area contributed by atoms with Crippen LogP contribution in [0.4, 0.5) is 4.79 Å². The van der Waals surface area contributed by atoms with Crippen molar-refractivity contribution in [3.63, 3.8) is 0 Å². The molecule has 0 heterocycles. The highest BCUT2D eigenvalue weighted by atomic mass is 28.3. The topological polar surface area (TPSA) is 116 Å². The van der Waals surface area contributed by atoms with Crippen LogP contribution in [0.3, 0.4) is 0 Å². The van der Waals surface area contributed by atoms with Crippen LogP contribution in [0.1, 0.15) is 18.9 Å². The number of aliphatic carboxylic acids is 1. The van der Waals surface area contributed by atoms with Crippen molar-refractivity contribution in [1.29, 1.82) is 0 Å². The van der Waals surface area contributed by atoms with Crippen molar-refractivity contribution < 1.29 is 29.3 Å². The Hall–Kier alpha value is -2.91. The Morgan fingerprint density at radius 3 is 2.38 bits per heavy atom. The molecule has 0 saturated carbocycles. The van der Waals surface area contributed by atoms with Crippen LogP contribution in [0.2, 0.25) is 25.7 Å². The van der Waals surface area contributed by atoms with Gasteiger partial charge in [0.1, 0.15) is 0 Å². The van der Waals surface area contributed by atoms with Gasteiger partial charge in [-0.2, -0.15) is 0 Å². The second-order valence-electron chi connectivity index (χ2n) is 9.03. The standard InChI is InChI=1S/C23H32N2O6Si/c1-16(21(27)22(28)29)25(24-23(30)31-13-14-32(2,3)4)20(26)12-10-17-9-11-18-7-5-6-8-19(18)15-17/h5-9,11,15-16,21,27H,10,12-14H2,1-4H3,(H,24,30)(H,28,29)/t16-,21+/m0/s1. The summed E-state index contributed by atoms with van der Waals surface area (Å²) in [5.74, 6) is -2.01. The highest BCUT2D eigenvalue weighted by molar-refractivity contribution is 6.76. The second-order valence-corrected chi connectivity index (χ2v) is 14.6. The summed E-state index contributed by atoms with van der Waals surface area (Å²) in [6.45, 7) is 7.98. The van der Waals surface area contributed by atoms with Gasteiger partial charge in [-0.15, -0.1) is 0 Å². The lowest BCUT2D eigenvalue weighted by Crippen LogP contribution is -2.56. The van der Waals surface area contributed by atoms with Gasteiger partial charge in [0.25, 0.3) is 0 Å². The van der Waals surface area contributed by atoms with Crippen molar-refractivity contribution in [3.8, 4) is 0 Å². The van der Waals surface area contributed by atoms with Crippen LogP contribution in [-0.2, 0) is 20.7 Å². The van der Waals surface area contributed by atoms with Gasteiger partial charge in [-0.05, 0) is 35.7 Å². The lowest BCUT2D eigenvalue weighted by Gasteiger charge is -2.30. The summed E-state index contributed by atoms with van der Waals surface area (Å²) in [7, 11) is -1.41. The Balaban J connectivity index is 2.06. The number of hydrogen-bond donors (Lipinski definition) is 3. The summed E-state index contributed by atoms with van der Waals surface area (Å²) in [6.07, 6.45) is -2.30. The molecule has 0 bridgehead atoms. The number of nitrogens with one attached hydrogen (secondary N) is 1. The zero-order valence-electron chi connectivity index (χ0n) is 19.0. The molecule has 0 aliphatic carbocycles. The average Bonchev–Trinajstić information content (AvgIpc) is 2.73. The van der Waals surface area contributed by atoms with Gasteiger partial charge in [0, 0.05) is 14.5 Å². The fourth-order valence-corrected chi connectivity index (χ4v) is 3.80. The molecular weight excluding hydrogens is 428 g/mol. The average molecular weight is 461 g/mol. The van der Waals surface area contributed by atoms with Crippen LogP contribution < -0.4 is 5.43 Å². The molecule has 0 radical (unpaired) electrons. The van der Waals surface area contributed by atoms with Gasteiger partial charge in [0.2, 0.25) is 5.91 Å². The van der Waals surface area contributed by atoms with E-state index >= 15 is 0 Å². The van der Waals surface area contributed by atoms with Crippen molar-refractivity contribution in [1.82, 2.24) is 10.4 Å². The summed E-state index contributed by atoms with van der Waals surface area (Å²) < 4.78 is 5.16. The molecule has 9 heteroatoms. The van der Waals surface area contributed by atoms with E-state index in [1.165, 1.54) is 6.92 Å². The molecule has 8 nitrogen and oxygen atoms in total. The number of carbonyl (C=O) groups is 3. The number of ether oxygens (including phenoxy) is 1. The van der Waals surface area contributed by atoms with E-state index in [9.17, 15) is 19.5 Å². The first-order valence-corrected chi connectivity index (χ1v) is 14.3. The number of amides is 2. The fraction of sp³-hybridized carbons (Fsp3) is 0.435. The number of aryl methyl sites for hydroxylation is 1. The quantitative estimate of drug-likeness (QED) is 0.390. The van der Waals surface area contributed by atoms with E-state index in [0.717, 1.165) is 27.4 Å². The smallest absolute Gasteiger partial charge is 0.426 e. The molecule has 2 aromatic rings. The van der Waals surface area contributed by atoms with Crippen LogP contribution in [0, 0.1) is 0 Å². The number of nitrogens with zero attached hydrogens (tertiary/aromatic N) is 1. The monoisotopic (exact) mass is 460 g/mol. The number of hydrazine groups is 1. The predicted octanol–water partition coefficient (Wildman–Crippen LogP) is 3.41. The van der Waals surface area contributed by atoms with Crippen LogP contribution in [0.25, 0.3) is 10.8 Å². The Kier molecular flexibility index (Phi) is 8.79. The van der Waals surface area contributed by atoms with Crippen LogP contribution in [0.5, 0.6) is 0 Å². The molecule has 0 aliphatic rings. The van der Waals surface area contributed by atoms with Crippen LogP contribution in [-0.4, -0.2) is 60.0 Å². The van der Waals surface area contributed by atoms with Gasteiger partial charge < -0.3 is 14.9 Å². The predicted molar refractivity (Wildman–Crippen MR) is 125 cm³/mol. The first-order valence-electron chi connectivity index (χ1n) is 10.6. The third-order valence-electron chi connectivity index (χ3n) is 5.12. The fourth-order valence-electron chi connectivity index (χ4n) is 3.09. The zero-order chi connectivity index (χ0) is 23.9. The number of carbonyl (C=O) groups excluding carboxylic acids is 2. The minimum atomic E-state index is -1.86. The molecule has 2 rings (SSSR count). The maximum Gasteiger partial charge on any atom is 0.426 e. The van der Waals surface area contributed by atoms with Crippen molar-refractivity contribution in [2.75, 3.05) is 6.61 Å². The molecule has 0 aromatic heterocycles. The molecule has 0 aliphatic heterocycles. The highest BCUT2D eigenvalue weighted by Gasteiger charge is 2.32. The highest BCUT2D eigenvalue weighted by Crippen LogP contribution is 2.17. The summed E-state index contributed by atoms with van der Waals surface area (Å²) >= 11 is 0. The molecule has 2 amide bonds. The van der Waals surface area contributed by atoms with Crippen LogP contribution in [0.15, 0.2) is 42.5 Å². The molecule has 3 N–H and O–H groups in total. The number of carboxylic acid groups (broad SMARTS) is 1. The number of aliphatic hydroxyl groups is 1. The normalized spacial score (nSPS) is 13.3. The third kappa shape index (κ3) is 7.65. The molecule has 2 aromatic carbocycles. The van der Waals surface area contributed by atoms with E-state index in [1.54, 1.807) is 0 Å². The molecule has 174 valence electrons. The number of benzene rings is 2. The van der Waals surface area contributed by atoms with Crippen molar-refractivity contribution in [2.45, 2.75) is 57.6 Å². The van der Waals surface area contributed by atoms with Crippen molar-refractivity contribution in [2.24, 2.45) is 0 Å². The Morgan fingerprint density at radius 1 is 1.09 bits per heavy atom. The molecule has 0 unspecified atom stereocenters. The minimum absolute atomic E-state index is 0.0181. The number of fused-ring (bicyclic) bond motifs is 1. The number of rotatable bonds is 9. The molecule has 0 saturated heterocycles. The van der Waals surface area contributed by atoms with Gasteiger partial charge in [0.05, 0.1) is 12.6 Å². The van der Waals surface area contributed by atoms with E-state index in [1.807, 2.05) is 42.5 Å². The maximum absolute atomic E-state index is 12.9. The van der Waals surface area contributed by atoms with Gasteiger partial charge in [0.15, 0.2) is 6.10 Å². The molecule has 32 heavy (non-hydrogen) atoms. The van der Waals surface area contributed by atoms with Gasteiger partial charge in [-0.3, -0.25) is 4.79 Å². The first-order chi connectivity index (χ1) is 15.0. The first kappa shape index (κ1) is 25.3. The van der Waals surface area contributed by atoms with E-state index < -0.39 is 38.2 Å². The third-order valence-corrected chi connectivity index (χ3v) is 6.83. The summed E-state index contributed by atoms with van der Waals surface area (Å²) in [6, 6.07) is 13.3.